The van der Waals surface area contributed by atoms with Crippen LogP contribution in [0.2, 0.25) is 0 Å². The van der Waals surface area contributed by atoms with Crippen molar-refractivity contribution in [3.8, 4) is 0 Å². The lowest BCUT2D eigenvalue weighted by Gasteiger charge is -2.09. The molecule has 0 fully saturated rings. The number of aryl methyl sites for hydroxylation is 1. The van der Waals surface area contributed by atoms with Crippen LogP contribution in [0.15, 0.2) is 36.5 Å². The molecule has 0 spiro atoms. The third kappa shape index (κ3) is 3.38. The molecule has 0 aliphatic rings. The zero-order chi connectivity index (χ0) is 9.68. The fourth-order valence-electron chi connectivity index (χ4n) is 1.10. The zero-order valence-corrected chi connectivity index (χ0v) is 8.03. The van der Waals surface area contributed by atoms with E-state index < -0.39 is 0 Å². The van der Waals surface area contributed by atoms with Gasteiger partial charge in [-0.15, -0.1) is 0 Å². The predicted octanol–water partition coefficient (Wildman–Crippen LogP) is 1.92. The van der Waals surface area contributed by atoms with Gasteiger partial charge in [0, 0.05) is 17.9 Å². The van der Waals surface area contributed by atoms with Gasteiger partial charge in [0.05, 0.1) is 0 Å². The molecule has 0 amide bonds. The Kier molecular flexibility index (Phi) is 3.65. The Balaban J connectivity index is 2.39. The molecule has 13 heavy (non-hydrogen) atoms. The second-order valence-electron chi connectivity index (χ2n) is 3.31. The van der Waals surface area contributed by atoms with Crippen LogP contribution < -0.4 is 5.73 Å². The van der Waals surface area contributed by atoms with Crippen LogP contribution in [-0.2, 0) is 6.42 Å². The van der Waals surface area contributed by atoms with E-state index in [1.807, 2.05) is 31.3 Å². The summed E-state index contributed by atoms with van der Waals surface area (Å²) in [5, 5.41) is 0. The Morgan fingerprint density at radius 1 is 1.62 bits per heavy atom. The molecule has 0 saturated heterocycles. The maximum atomic E-state index is 5.84. The first-order valence-electron chi connectivity index (χ1n) is 4.51. The third-order valence-corrected chi connectivity index (χ3v) is 2.07. The van der Waals surface area contributed by atoms with E-state index in [-0.39, 0.29) is 6.04 Å². The number of nitrogens with zero attached hydrogens (tertiary/aromatic N) is 1. The summed E-state index contributed by atoms with van der Waals surface area (Å²) in [7, 11) is 0. The van der Waals surface area contributed by atoms with Gasteiger partial charge in [-0.25, -0.2) is 0 Å². The molecule has 2 heteroatoms. The van der Waals surface area contributed by atoms with Gasteiger partial charge in [-0.2, -0.15) is 0 Å². The van der Waals surface area contributed by atoms with E-state index in [0.717, 1.165) is 24.1 Å². The normalized spacial score (nSPS) is 12.5. The summed E-state index contributed by atoms with van der Waals surface area (Å²) in [6, 6.07) is 6.03. The minimum Gasteiger partial charge on any atom is -0.324 e. The quantitative estimate of drug-likeness (QED) is 0.712. The highest BCUT2D eigenvalue weighted by atomic mass is 14.7. The van der Waals surface area contributed by atoms with Gasteiger partial charge in [-0.1, -0.05) is 18.2 Å². The molecule has 0 aliphatic carbocycles. The van der Waals surface area contributed by atoms with Crippen LogP contribution in [0.4, 0.5) is 0 Å². The highest BCUT2D eigenvalue weighted by Gasteiger charge is 2.02. The summed E-state index contributed by atoms with van der Waals surface area (Å²) in [4.78, 5) is 4.22. The van der Waals surface area contributed by atoms with Crippen molar-refractivity contribution in [3.05, 3.63) is 42.2 Å². The molecule has 70 valence electrons. The van der Waals surface area contributed by atoms with Gasteiger partial charge in [0.15, 0.2) is 0 Å². The van der Waals surface area contributed by atoms with Crippen LogP contribution in [0, 0.1) is 0 Å². The topological polar surface area (TPSA) is 38.9 Å². The summed E-state index contributed by atoms with van der Waals surface area (Å²) in [6.07, 6.45) is 3.66. The molecule has 0 radical (unpaired) electrons. The van der Waals surface area contributed by atoms with Crippen LogP contribution in [0.1, 0.15) is 19.0 Å². The van der Waals surface area contributed by atoms with E-state index in [2.05, 4.69) is 11.6 Å². The highest BCUT2D eigenvalue weighted by molar-refractivity contribution is 5.06. The highest BCUT2D eigenvalue weighted by Crippen LogP contribution is 2.05. The third-order valence-electron chi connectivity index (χ3n) is 2.07. The molecule has 1 unspecified atom stereocenters. The van der Waals surface area contributed by atoms with E-state index in [4.69, 9.17) is 5.73 Å². The molecule has 2 nitrogen and oxygen atoms in total. The number of aromatic nitrogens is 1. The molecule has 2 N–H and O–H groups in total. The lowest BCUT2D eigenvalue weighted by Crippen LogP contribution is -2.21. The Bertz CT molecular complexity index is 267. The van der Waals surface area contributed by atoms with Crippen molar-refractivity contribution >= 4 is 0 Å². The second-order valence-corrected chi connectivity index (χ2v) is 3.31. The van der Waals surface area contributed by atoms with Gasteiger partial charge in [0.1, 0.15) is 0 Å². The van der Waals surface area contributed by atoms with Gasteiger partial charge < -0.3 is 5.73 Å². The molecular weight excluding hydrogens is 160 g/mol. The molecule has 0 aliphatic heterocycles. The SMILES string of the molecule is C=C(C)C(N)CCc1ccccn1. The van der Waals surface area contributed by atoms with E-state index in [9.17, 15) is 0 Å². The van der Waals surface area contributed by atoms with Crippen LogP contribution in [0.3, 0.4) is 0 Å². The van der Waals surface area contributed by atoms with Gasteiger partial charge in [-0.3, -0.25) is 4.98 Å². The van der Waals surface area contributed by atoms with Crippen molar-refractivity contribution in [1.29, 1.82) is 0 Å². The predicted molar refractivity (Wildman–Crippen MR) is 55.3 cm³/mol. The van der Waals surface area contributed by atoms with E-state index in [1.165, 1.54) is 0 Å². The summed E-state index contributed by atoms with van der Waals surface area (Å²) in [5.74, 6) is 0. The monoisotopic (exact) mass is 176 g/mol. The molecule has 1 atom stereocenters. The van der Waals surface area contributed by atoms with Crippen molar-refractivity contribution in [2.45, 2.75) is 25.8 Å². The Labute approximate surface area is 79.5 Å². The molecule has 0 saturated carbocycles. The lowest BCUT2D eigenvalue weighted by molar-refractivity contribution is 0.681. The Morgan fingerprint density at radius 3 is 2.92 bits per heavy atom. The Hall–Kier alpha value is -1.15. The van der Waals surface area contributed by atoms with Crippen molar-refractivity contribution < 1.29 is 0 Å². The second kappa shape index (κ2) is 4.77. The molecule has 0 bridgehead atoms. The average Bonchev–Trinajstić information content (AvgIpc) is 2.15. The van der Waals surface area contributed by atoms with Crippen LogP contribution in [-0.4, -0.2) is 11.0 Å². The van der Waals surface area contributed by atoms with Crippen molar-refractivity contribution in [2.75, 3.05) is 0 Å². The summed E-state index contributed by atoms with van der Waals surface area (Å²) in [6.45, 7) is 5.78. The maximum absolute atomic E-state index is 5.84. The first-order chi connectivity index (χ1) is 6.20. The zero-order valence-electron chi connectivity index (χ0n) is 8.03. The fraction of sp³-hybridized carbons (Fsp3) is 0.364. The largest absolute Gasteiger partial charge is 0.324 e. The number of nitrogens with two attached hydrogens (primary N) is 1. The minimum atomic E-state index is 0.0991. The van der Waals surface area contributed by atoms with Gasteiger partial charge >= 0.3 is 0 Å². The molecule has 1 rings (SSSR count). The van der Waals surface area contributed by atoms with E-state index in [1.54, 1.807) is 0 Å². The number of hydrogen-bond acceptors (Lipinski definition) is 2. The van der Waals surface area contributed by atoms with Gasteiger partial charge in [0.25, 0.3) is 0 Å². The molecule has 1 heterocycles. The minimum absolute atomic E-state index is 0.0991. The molecule has 1 aromatic heterocycles. The summed E-state index contributed by atoms with van der Waals surface area (Å²) in [5.41, 5.74) is 7.97. The van der Waals surface area contributed by atoms with Crippen molar-refractivity contribution in [1.82, 2.24) is 4.98 Å². The number of hydrogen-bond donors (Lipinski definition) is 1. The van der Waals surface area contributed by atoms with Crippen LogP contribution in [0.25, 0.3) is 0 Å². The van der Waals surface area contributed by atoms with E-state index >= 15 is 0 Å². The average molecular weight is 176 g/mol. The molecule has 1 aromatic rings. The maximum Gasteiger partial charge on any atom is 0.0404 e. The smallest absolute Gasteiger partial charge is 0.0404 e. The Morgan fingerprint density at radius 2 is 2.38 bits per heavy atom. The number of rotatable bonds is 4. The molecular formula is C11H16N2. The van der Waals surface area contributed by atoms with E-state index in [0.29, 0.717) is 0 Å². The summed E-state index contributed by atoms with van der Waals surface area (Å²) < 4.78 is 0. The van der Waals surface area contributed by atoms with Crippen molar-refractivity contribution in [2.24, 2.45) is 5.73 Å². The van der Waals surface area contributed by atoms with Crippen LogP contribution >= 0.6 is 0 Å². The first kappa shape index (κ1) is 9.93. The molecule has 0 aromatic carbocycles. The van der Waals surface area contributed by atoms with Crippen LogP contribution in [0.5, 0.6) is 0 Å². The van der Waals surface area contributed by atoms with Gasteiger partial charge in [0.2, 0.25) is 0 Å². The standard InChI is InChI=1S/C11H16N2/c1-9(2)11(12)7-6-10-5-3-4-8-13-10/h3-5,8,11H,1,6-7,12H2,2H3. The first-order valence-corrected chi connectivity index (χ1v) is 4.51. The van der Waals surface area contributed by atoms with Gasteiger partial charge in [-0.05, 0) is 31.9 Å². The lowest BCUT2D eigenvalue weighted by atomic mass is 10.0. The number of pyridine rings is 1. The van der Waals surface area contributed by atoms with Crippen molar-refractivity contribution in [3.63, 3.8) is 0 Å². The summed E-state index contributed by atoms with van der Waals surface area (Å²) >= 11 is 0. The fourth-order valence-corrected chi connectivity index (χ4v) is 1.10.